The van der Waals surface area contributed by atoms with E-state index in [9.17, 15) is 9.90 Å². The second kappa shape index (κ2) is 7.34. The van der Waals surface area contributed by atoms with Gasteiger partial charge in [-0.25, -0.2) is 4.79 Å². The summed E-state index contributed by atoms with van der Waals surface area (Å²) < 4.78 is 1.90. The first-order valence-electron chi connectivity index (χ1n) is 8.85. The van der Waals surface area contributed by atoms with Gasteiger partial charge < -0.3 is 9.67 Å². The molecule has 0 unspecified atom stereocenters. The average molecular weight is 353 g/mol. The first kappa shape index (κ1) is 16.9. The fourth-order valence-corrected chi connectivity index (χ4v) is 3.40. The highest BCUT2D eigenvalue weighted by Crippen LogP contribution is 2.33. The van der Waals surface area contributed by atoms with Crippen molar-refractivity contribution in [3.05, 3.63) is 108 Å². The van der Waals surface area contributed by atoms with Crippen molar-refractivity contribution in [3.8, 4) is 22.4 Å². The van der Waals surface area contributed by atoms with Gasteiger partial charge in [-0.15, -0.1) is 0 Å². The van der Waals surface area contributed by atoms with Crippen molar-refractivity contribution >= 4 is 5.97 Å². The maximum Gasteiger partial charge on any atom is 0.353 e. The Hall–Kier alpha value is -3.59. The van der Waals surface area contributed by atoms with E-state index >= 15 is 0 Å². The third-order valence-electron chi connectivity index (χ3n) is 4.64. The van der Waals surface area contributed by atoms with E-state index in [1.54, 1.807) is 0 Å². The molecule has 0 radical (unpaired) electrons. The normalized spacial score (nSPS) is 10.7. The van der Waals surface area contributed by atoms with Crippen molar-refractivity contribution in [3.63, 3.8) is 0 Å². The minimum atomic E-state index is -0.924. The van der Waals surface area contributed by atoms with Crippen LogP contribution in [0.2, 0.25) is 0 Å². The van der Waals surface area contributed by atoms with Crippen molar-refractivity contribution in [1.82, 2.24) is 4.57 Å². The molecule has 0 saturated heterocycles. The predicted molar refractivity (Wildman–Crippen MR) is 108 cm³/mol. The van der Waals surface area contributed by atoms with E-state index in [-0.39, 0.29) is 0 Å². The van der Waals surface area contributed by atoms with E-state index < -0.39 is 5.97 Å². The Bertz CT molecular complexity index is 1050. The monoisotopic (exact) mass is 353 g/mol. The van der Waals surface area contributed by atoms with Gasteiger partial charge in [-0.3, -0.25) is 0 Å². The summed E-state index contributed by atoms with van der Waals surface area (Å²) in [5.74, 6) is -0.924. The van der Waals surface area contributed by atoms with E-state index in [1.807, 2.05) is 102 Å². The number of aromatic nitrogens is 1. The maximum atomic E-state index is 12.2. The largest absolute Gasteiger partial charge is 0.477 e. The van der Waals surface area contributed by atoms with Gasteiger partial charge in [0.2, 0.25) is 0 Å². The topological polar surface area (TPSA) is 42.2 Å². The Morgan fingerprint density at radius 2 is 1.26 bits per heavy atom. The Kier molecular flexibility index (Phi) is 4.58. The number of aromatic carboxylic acids is 1. The third-order valence-corrected chi connectivity index (χ3v) is 4.64. The Morgan fingerprint density at radius 3 is 1.81 bits per heavy atom. The molecule has 0 fully saturated rings. The van der Waals surface area contributed by atoms with Crippen LogP contribution in [0.4, 0.5) is 0 Å². The second-order valence-corrected chi connectivity index (χ2v) is 6.40. The van der Waals surface area contributed by atoms with Crippen molar-refractivity contribution in [1.29, 1.82) is 0 Å². The number of hydrogen-bond acceptors (Lipinski definition) is 1. The van der Waals surface area contributed by atoms with E-state index in [4.69, 9.17) is 0 Å². The Labute approximate surface area is 158 Å². The van der Waals surface area contributed by atoms with Gasteiger partial charge in [0.25, 0.3) is 0 Å². The maximum absolute atomic E-state index is 12.2. The minimum absolute atomic E-state index is 0.309. The van der Waals surface area contributed by atoms with Gasteiger partial charge in [0.15, 0.2) is 0 Å². The summed E-state index contributed by atoms with van der Waals surface area (Å²) >= 11 is 0. The van der Waals surface area contributed by atoms with Crippen LogP contribution in [0.1, 0.15) is 16.1 Å². The zero-order valence-corrected chi connectivity index (χ0v) is 14.7. The molecule has 132 valence electrons. The molecule has 0 amide bonds. The lowest BCUT2D eigenvalue weighted by Crippen LogP contribution is -2.11. The summed E-state index contributed by atoms with van der Waals surface area (Å²) in [5, 5.41) is 10.0. The van der Waals surface area contributed by atoms with Crippen LogP contribution >= 0.6 is 0 Å². The molecule has 0 aliphatic heterocycles. The highest BCUT2D eigenvalue weighted by Gasteiger charge is 2.22. The van der Waals surface area contributed by atoms with Gasteiger partial charge in [-0.05, 0) is 22.8 Å². The fraction of sp³-hybridized carbons (Fsp3) is 0.0417. The number of nitrogens with zero attached hydrogens (tertiary/aromatic N) is 1. The first-order valence-corrected chi connectivity index (χ1v) is 8.85. The van der Waals surface area contributed by atoms with Crippen LogP contribution in [0.25, 0.3) is 22.4 Å². The molecular weight excluding hydrogens is 334 g/mol. The molecule has 0 atom stereocenters. The molecule has 27 heavy (non-hydrogen) atoms. The van der Waals surface area contributed by atoms with E-state index in [1.165, 1.54) is 0 Å². The molecule has 3 nitrogen and oxygen atoms in total. The lowest BCUT2D eigenvalue weighted by molar-refractivity contribution is 0.0687. The van der Waals surface area contributed by atoms with Gasteiger partial charge in [0.05, 0.1) is 0 Å². The standard InChI is InChI=1S/C24H19NO2/c26-24(27)23-21(19-12-6-2-7-13-19)16-22(20-14-8-3-9-15-20)25(23)17-18-10-4-1-5-11-18/h1-16H,17H2,(H,26,27). The highest BCUT2D eigenvalue weighted by atomic mass is 16.4. The number of carboxylic acid groups (broad SMARTS) is 1. The van der Waals surface area contributed by atoms with Gasteiger partial charge in [0, 0.05) is 17.8 Å². The summed E-state index contributed by atoms with van der Waals surface area (Å²) in [6, 6.07) is 31.5. The number of benzene rings is 3. The zero-order chi connectivity index (χ0) is 18.6. The molecule has 4 aromatic rings. The van der Waals surface area contributed by atoms with Gasteiger partial charge in [0.1, 0.15) is 5.69 Å². The van der Waals surface area contributed by atoms with Gasteiger partial charge in [-0.2, -0.15) is 0 Å². The Balaban J connectivity index is 1.95. The molecular formula is C24H19NO2. The minimum Gasteiger partial charge on any atom is -0.477 e. The fourth-order valence-electron chi connectivity index (χ4n) is 3.40. The predicted octanol–water partition coefficient (Wildman–Crippen LogP) is 5.57. The molecule has 4 rings (SSSR count). The van der Waals surface area contributed by atoms with E-state index in [0.29, 0.717) is 12.2 Å². The molecule has 0 aliphatic rings. The number of hydrogen-bond donors (Lipinski definition) is 1. The second-order valence-electron chi connectivity index (χ2n) is 6.40. The van der Waals surface area contributed by atoms with Crippen LogP contribution in [0.5, 0.6) is 0 Å². The summed E-state index contributed by atoms with van der Waals surface area (Å²) in [6.07, 6.45) is 0. The van der Waals surface area contributed by atoms with Crippen LogP contribution < -0.4 is 0 Å². The smallest absolute Gasteiger partial charge is 0.353 e. The third kappa shape index (κ3) is 3.40. The highest BCUT2D eigenvalue weighted by molar-refractivity contribution is 5.97. The summed E-state index contributed by atoms with van der Waals surface area (Å²) in [4.78, 5) is 12.2. The summed E-state index contributed by atoms with van der Waals surface area (Å²) in [6.45, 7) is 0.500. The average Bonchev–Trinajstić information content (AvgIpc) is 3.09. The lowest BCUT2D eigenvalue weighted by atomic mass is 10.0. The lowest BCUT2D eigenvalue weighted by Gasteiger charge is -2.12. The quantitative estimate of drug-likeness (QED) is 0.510. The van der Waals surface area contributed by atoms with Crippen molar-refractivity contribution in [2.45, 2.75) is 6.54 Å². The molecule has 0 bridgehead atoms. The van der Waals surface area contributed by atoms with E-state index in [2.05, 4.69) is 0 Å². The molecule has 1 N–H and O–H groups in total. The van der Waals surface area contributed by atoms with Gasteiger partial charge >= 0.3 is 5.97 Å². The van der Waals surface area contributed by atoms with Crippen LogP contribution in [0, 0.1) is 0 Å². The summed E-state index contributed by atoms with van der Waals surface area (Å²) in [7, 11) is 0. The van der Waals surface area contributed by atoms with Gasteiger partial charge in [-0.1, -0.05) is 91.0 Å². The number of carbonyl (C=O) groups is 1. The number of rotatable bonds is 5. The zero-order valence-electron chi connectivity index (χ0n) is 14.7. The molecule has 3 aromatic carbocycles. The molecule has 1 aromatic heterocycles. The molecule has 0 aliphatic carbocycles. The van der Waals surface area contributed by atoms with Crippen molar-refractivity contribution in [2.24, 2.45) is 0 Å². The van der Waals surface area contributed by atoms with Crippen LogP contribution in [-0.2, 0) is 6.54 Å². The SMILES string of the molecule is O=C(O)c1c(-c2ccccc2)cc(-c2ccccc2)n1Cc1ccccc1. The summed E-state index contributed by atoms with van der Waals surface area (Å²) in [5.41, 5.74) is 4.90. The van der Waals surface area contributed by atoms with Crippen LogP contribution in [0.3, 0.4) is 0 Å². The van der Waals surface area contributed by atoms with Crippen molar-refractivity contribution < 1.29 is 9.90 Å². The van der Waals surface area contributed by atoms with Crippen LogP contribution in [0.15, 0.2) is 97.1 Å². The molecule has 0 saturated carbocycles. The molecule has 0 spiro atoms. The Morgan fingerprint density at radius 1 is 0.741 bits per heavy atom. The molecule has 1 heterocycles. The molecule has 3 heteroatoms. The number of carboxylic acids is 1. The first-order chi connectivity index (χ1) is 13.2. The van der Waals surface area contributed by atoms with Crippen LogP contribution in [-0.4, -0.2) is 15.6 Å². The van der Waals surface area contributed by atoms with E-state index in [0.717, 1.165) is 27.9 Å². The van der Waals surface area contributed by atoms with Crippen molar-refractivity contribution in [2.75, 3.05) is 0 Å².